The second-order valence-electron chi connectivity index (χ2n) is 3.56. The molecule has 4 N–H and O–H groups in total. The van der Waals surface area contributed by atoms with Gasteiger partial charge in [-0.1, -0.05) is 24.3 Å². The van der Waals surface area contributed by atoms with Gasteiger partial charge < -0.3 is 20.8 Å². The molecule has 0 aromatic rings. The standard InChI is InChI=1S/C10H16N2.C2H2O4/c1-12-8-4-6-10(9-12)5-2-3-7-11;3-1(4)2(5)6/h2,4-6,9H,3,7-8,11H2,1H3;(H,3,4)(H,5,6)/b5-2+;. The highest BCUT2D eigenvalue weighted by molar-refractivity contribution is 6.27. The molecule has 0 aliphatic carbocycles. The van der Waals surface area contributed by atoms with Crippen molar-refractivity contribution in [2.45, 2.75) is 6.42 Å². The van der Waals surface area contributed by atoms with E-state index in [0.717, 1.165) is 19.5 Å². The summed E-state index contributed by atoms with van der Waals surface area (Å²) in [6.07, 6.45) is 11.6. The third-order valence-electron chi connectivity index (χ3n) is 1.90. The molecule has 0 radical (unpaired) electrons. The summed E-state index contributed by atoms with van der Waals surface area (Å²) in [5, 5.41) is 14.8. The fourth-order valence-electron chi connectivity index (χ4n) is 1.12. The minimum atomic E-state index is -1.82. The lowest BCUT2D eigenvalue weighted by Gasteiger charge is -2.15. The zero-order valence-corrected chi connectivity index (χ0v) is 10.2. The van der Waals surface area contributed by atoms with E-state index >= 15 is 0 Å². The van der Waals surface area contributed by atoms with Crippen LogP contribution in [0.2, 0.25) is 0 Å². The second-order valence-corrected chi connectivity index (χ2v) is 3.56. The van der Waals surface area contributed by atoms with Gasteiger partial charge in [0.25, 0.3) is 0 Å². The lowest BCUT2D eigenvalue weighted by Crippen LogP contribution is -2.13. The Labute approximate surface area is 106 Å². The number of nitrogens with two attached hydrogens (primary N) is 1. The maximum absolute atomic E-state index is 9.10. The Hall–Kier alpha value is -2.08. The highest BCUT2D eigenvalue weighted by Gasteiger charge is 2.04. The number of carbonyl (C=O) groups is 2. The van der Waals surface area contributed by atoms with Crippen molar-refractivity contribution in [3.63, 3.8) is 0 Å². The smallest absolute Gasteiger partial charge is 0.414 e. The van der Waals surface area contributed by atoms with Crippen molar-refractivity contribution in [3.8, 4) is 0 Å². The zero-order chi connectivity index (χ0) is 14.0. The first kappa shape index (κ1) is 15.9. The molecule has 0 atom stereocenters. The van der Waals surface area contributed by atoms with Crippen LogP contribution in [0.15, 0.2) is 36.1 Å². The third-order valence-corrected chi connectivity index (χ3v) is 1.90. The summed E-state index contributed by atoms with van der Waals surface area (Å²) in [4.78, 5) is 20.4. The van der Waals surface area contributed by atoms with Crippen LogP contribution in [0, 0.1) is 0 Å². The van der Waals surface area contributed by atoms with E-state index in [-0.39, 0.29) is 0 Å². The maximum Gasteiger partial charge on any atom is 0.414 e. The molecule has 0 aromatic heterocycles. The van der Waals surface area contributed by atoms with Crippen molar-refractivity contribution in [2.24, 2.45) is 5.73 Å². The molecule has 0 fully saturated rings. The Morgan fingerprint density at radius 3 is 2.50 bits per heavy atom. The van der Waals surface area contributed by atoms with E-state index in [4.69, 9.17) is 25.5 Å². The van der Waals surface area contributed by atoms with Gasteiger partial charge in [0, 0.05) is 19.8 Å². The third kappa shape index (κ3) is 8.12. The molecule has 1 heterocycles. The fraction of sp³-hybridized carbons (Fsp3) is 0.333. The van der Waals surface area contributed by atoms with Gasteiger partial charge in [-0.05, 0) is 18.5 Å². The van der Waals surface area contributed by atoms with E-state index in [1.54, 1.807) is 0 Å². The summed E-state index contributed by atoms with van der Waals surface area (Å²) >= 11 is 0. The van der Waals surface area contributed by atoms with E-state index in [0.29, 0.717) is 0 Å². The molecule has 100 valence electrons. The molecule has 0 saturated heterocycles. The largest absolute Gasteiger partial charge is 0.473 e. The van der Waals surface area contributed by atoms with Gasteiger partial charge in [0.2, 0.25) is 0 Å². The van der Waals surface area contributed by atoms with E-state index in [1.807, 2.05) is 0 Å². The summed E-state index contributed by atoms with van der Waals surface area (Å²) < 4.78 is 0. The number of nitrogens with zero attached hydrogens (tertiary/aromatic N) is 1. The fourth-order valence-corrected chi connectivity index (χ4v) is 1.12. The molecular weight excluding hydrogens is 236 g/mol. The molecule has 0 aromatic carbocycles. The first-order chi connectivity index (χ1) is 8.47. The lowest BCUT2D eigenvalue weighted by atomic mass is 10.2. The van der Waals surface area contributed by atoms with Crippen LogP contribution in [0.4, 0.5) is 0 Å². The number of allylic oxidation sites excluding steroid dienone is 3. The van der Waals surface area contributed by atoms with Gasteiger partial charge in [0.15, 0.2) is 0 Å². The number of carboxylic acid groups (broad SMARTS) is 2. The van der Waals surface area contributed by atoms with Gasteiger partial charge in [0.1, 0.15) is 0 Å². The highest BCUT2D eigenvalue weighted by atomic mass is 16.4. The Bertz CT molecular complexity index is 360. The van der Waals surface area contributed by atoms with Crippen molar-refractivity contribution in [3.05, 3.63) is 36.1 Å². The quantitative estimate of drug-likeness (QED) is 0.631. The number of hydrogen-bond acceptors (Lipinski definition) is 4. The van der Waals surface area contributed by atoms with Gasteiger partial charge in [-0.3, -0.25) is 0 Å². The molecule has 6 heteroatoms. The van der Waals surface area contributed by atoms with Crippen LogP contribution < -0.4 is 5.73 Å². The summed E-state index contributed by atoms with van der Waals surface area (Å²) in [7, 11) is 2.07. The number of aliphatic carboxylic acids is 2. The van der Waals surface area contributed by atoms with Crippen molar-refractivity contribution >= 4 is 11.9 Å². The van der Waals surface area contributed by atoms with Gasteiger partial charge in [0.05, 0.1) is 0 Å². The van der Waals surface area contributed by atoms with Gasteiger partial charge in [-0.15, -0.1) is 0 Å². The second kappa shape index (κ2) is 9.00. The number of hydrogen-bond donors (Lipinski definition) is 3. The monoisotopic (exact) mass is 254 g/mol. The molecule has 0 amide bonds. The molecule has 6 nitrogen and oxygen atoms in total. The maximum atomic E-state index is 9.10. The zero-order valence-electron chi connectivity index (χ0n) is 10.2. The number of carboxylic acids is 2. The van der Waals surface area contributed by atoms with Crippen molar-refractivity contribution in [1.82, 2.24) is 4.90 Å². The van der Waals surface area contributed by atoms with E-state index in [1.165, 1.54) is 5.57 Å². The molecule has 0 spiro atoms. The molecule has 0 saturated carbocycles. The molecule has 1 aliphatic heterocycles. The normalized spacial score (nSPS) is 13.9. The summed E-state index contributed by atoms with van der Waals surface area (Å²) in [5.41, 5.74) is 6.62. The minimum Gasteiger partial charge on any atom is -0.473 e. The highest BCUT2D eigenvalue weighted by Crippen LogP contribution is 2.06. The van der Waals surface area contributed by atoms with Crippen LogP contribution >= 0.6 is 0 Å². The first-order valence-electron chi connectivity index (χ1n) is 5.38. The van der Waals surface area contributed by atoms with Crippen molar-refractivity contribution in [1.29, 1.82) is 0 Å². The summed E-state index contributed by atoms with van der Waals surface area (Å²) in [6.45, 7) is 1.73. The molecule has 1 rings (SSSR count). The Morgan fingerprint density at radius 1 is 1.44 bits per heavy atom. The van der Waals surface area contributed by atoms with Crippen LogP contribution in [0.5, 0.6) is 0 Å². The first-order valence-corrected chi connectivity index (χ1v) is 5.38. The predicted octanol–water partition coefficient (Wildman–Crippen LogP) is 0.432. The predicted molar refractivity (Wildman–Crippen MR) is 67.9 cm³/mol. The van der Waals surface area contributed by atoms with Crippen LogP contribution in [0.3, 0.4) is 0 Å². The lowest BCUT2D eigenvalue weighted by molar-refractivity contribution is -0.159. The van der Waals surface area contributed by atoms with Gasteiger partial charge in [-0.2, -0.15) is 0 Å². The van der Waals surface area contributed by atoms with E-state index in [9.17, 15) is 0 Å². The molecule has 18 heavy (non-hydrogen) atoms. The molecule has 1 aliphatic rings. The Kier molecular flexibility index (Phi) is 7.96. The summed E-state index contributed by atoms with van der Waals surface area (Å²) in [6, 6.07) is 0. The SMILES string of the molecule is CN1C=C(/C=C/CCN)C=CC1.O=C(O)C(=O)O. The van der Waals surface area contributed by atoms with Crippen LogP contribution in [-0.2, 0) is 9.59 Å². The molecular formula is C12H18N2O4. The van der Waals surface area contributed by atoms with Crippen molar-refractivity contribution < 1.29 is 19.8 Å². The summed E-state index contributed by atoms with van der Waals surface area (Å²) in [5.74, 6) is -3.65. The number of likely N-dealkylation sites (N-methyl/N-ethyl adjacent to an activating group) is 1. The van der Waals surface area contributed by atoms with Crippen LogP contribution in [0.25, 0.3) is 0 Å². The molecule has 0 bridgehead atoms. The van der Waals surface area contributed by atoms with Crippen molar-refractivity contribution in [2.75, 3.05) is 20.1 Å². The minimum absolute atomic E-state index is 0.726. The number of rotatable bonds is 3. The van der Waals surface area contributed by atoms with E-state index in [2.05, 4.69) is 42.5 Å². The Morgan fingerprint density at radius 2 is 2.06 bits per heavy atom. The average Bonchev–Trinajstić information content (AvgIpc) is 2.30. The van der Waals surface area contributed by atoms with Crippen LogP contribution in [-0.4, -0.2) is 47.2 Å². The average molecular weight is 254 g/mol. The van der Waals surface area contributed by atoms with Gasteiger partial charge >= 0.3 is 11.9 Å². The van der Waals surface area contributed by atoms with Crippen LogP contribution in [0.1, 0.15) is 6.42 Å². The topological polar surface area (TPSA) is 104 Å². The molecule has 0 unspecified atom stereocenters. The van der Waals surface area contributed by atoms with Gasteiger partial charge in [-0.25, -0.2) is 9.59 Å². The van der Waals surface area contributed by atoms with E-state index < -0.39 is 11.9 Å². The Balaban J connectivity index is 0.000000411.